The van der Waals surface area contributed by atoms with Gasteiger partial charge in [0, 0.05) is 35.5 Å². The van der Waals surface area contributed by atoms with Gasteiger partial charge in [-0.3, -0.25) is 0 Å². The maximum atomic E-state index is 7.82. The summed E-state index contributed by atoms with van der Waals surface area (Å²) >= 11 is 0. The Morgan fingerprint density at radius 2 is 0.467 bits per heavy atom. The molecule has 0 N–H and O–H groups in total. The van der Waals surface area contributed by atoms with Gasteiger partial charge >= 0.3 is 63.5 Å². The van der Waals surface area contributed by atoms with E-state index < -0.39 is 63.5 Å². The SMILES string of the molecule is CO[SiH](C)O[Si](O[SiH](O[Si](O[SiH](OC)OC)(c1ccccc1)c1ccccc1)O[Si](O[SiH](OC)OC)(c1ccccc1)c1ccccc1)(c1ccccc1)c1ccccc1. The molecular formula is C42H52O11Si7. The van der Waals surface area contributed by atoms with Crippen molar-refractivity contribution in [3.05, 3.63) is 182 Å². The molecule has 0 heterocycles. The molecule has 0 amide bonds. The fourth-order valence-corrected chi connectivity index (χ4v) is 31.7. The molecule has 6 aromatic carbocycles. The third kappa shape index (κ3) is 10.7. The zero-order chi connectivity index (χ0) is 42.3. The first-order chi connectivity index (χ1) is 29.4. The molecule has 0 aromatic heterocycles. The minimum absolute atomic E-state index is 0.799. The molecule has 6 rings (SSSR count). The minimum atomic E-state index is -3.94. The highest BCUT2D eigenvalue weighted by Crippen LogP contribution is 2.24. The van der Waals surface area contributed by atoms with Crippen LogP contribution in [0.5, 0.6) is 0 Å². The van der Waals surface area contributed by atoms with Gasteiger partial charge in [-0.05, 0) is 37.7 Å². The van der Waals surface area contributed by atoms with Crippen LogP contribution in [0.1, 0.15) is 0 Å². The van der Waals surface area contributed by atoms with E-state index in [-0.39, 0.29) is 0 Å². The summed E-state index contributed by atoms with van der Waals surface area (Å²) in [5.41, 5.74) is 0. The first-order valence-corrected chi connectivity index (χ1v) is 31.2. The monoisotopic (exact) mass is 928 g/mol. The molecule has 0 spiro atoms. The summed E-state index contributed by atoms with van der Waals surface area (Å²) in [6, 6.07) is 59.6. The lowest BCUT2D eigenvalue weighted by Crippen LogP contribution is -2.75. The third-order valence-electron chi connectivity index (χ3n) is 9.67. The van der Waals surface area contributed by atoms with Crippen LogP contribution in [0.15, 0.2) is 182 Å². The molecule has 18 heteroatoms. The maximum Gasteiger partial charge on any atom is 0.475 e. The number of rotatable bonds is 23. The van der Waals surface area contributed by atoms with Gasteiger partial charge in [0.25, 0.3) is 0 Å². The highest BCUT2D eigenvalue weighted by atomic mass is 28.5. The van der Waals surface area contributed by atoms with Crippen LogP contribution in [0.25, 0.3) is 0 Å². The van der Waals surface area contributed by atoms with Gasteiger partial charge in [-0.1, -0.05) is 182 Å². The van der Waals surface area contributed by atoms with E-state index in [2.05, 4.69) is 0 Å². The summed E-state index contributed by atoms with van der Waals surface area (Å²) in [5, 5.41) is 4.89. The summed E-state index contributed by atoms with van der Waals surface area (Å²) in [6.07, 6.45) is 0. The molecule has 0 aliphatic heterocycles. The fourth-order valence-electron chi connectivity index (χ4n) is 6.76. The van der Waals surface area contributed by atoms with E-state index >= 15 is 0 Å². The van der Waals surface area contributed by atoms with Gasteiger partial charge in [-0.2, -0.15) is 0 Å². The highest BCUT2D eigenvalue weighted by Gasteiger charge is 2.57. The Morgan fingerprint density at radius 3 is 0.667 bits per heavy atom. The Kier molecular flexibility index (Phi) is 17.2. The van der Waals surface area contributed by atoms with E-state index in [1.807, 2.05) is 189 Å². The number of hydrogen-bond donors (Lipinski definition) is 0. The van der Waals surface area contributed by atoms with Crippen molar-refractivity contribution in [3.8, 4) is 0 Å². The zero-order valence-corrected chi connectivity index (χ0v) is 42.2. The number of benzene rings is 6. The molecule has 0 saturated carbocycles. The van der Waals surface area contributed by atoms with Crippen LogP contribution in [0, 0.1) is 0 Å². The second kappa shape index (κ2) is 22.5. The molecule has 11 nitrogen and oxygen atoms in total. The molecule has 0 bridgehead atoms. The van der Waals surface area contributed by atoms with Gasteiger partial charge in [0.05, 0.1) is 0 Å². The quantitative estimate of drug-likeness (QED) is 0.0885. The van der Waals surface area contributed by atoms with Crippen LogP contribution in [-0.4, -0.2) is 99.1 Å². The third-order valence-corrected chi connectivity index (χ3v) is 31.6. The van der Waals surface area contributed by atoms with Crippen LogP contribution < -0.4 is 31.1 Å². The Labute approximate surface area is 363 Å². The zero-order valence-electron chi connectivity index (χ0n) is 34.6. The van der Waals surface area contributed by atoms with Crippen molar-refractivity contribution in [2.45, 2.75) is 6.55 Å². The molecule has 0 aliphatic rings. The van der Waals surface area contributed by atoms with E-state index in [1.165, 1.54) is 0 Å². The summed E-state index contributed by atoms with van der Waals surface area (Å²) < 4.78 is 74.8. The van der Waals surface area contributed by atoms with E-state index in [0.29, 0.717) is 0 Å². The average molecular weight is 929 g/mol. The van der Waals surface area contributed by atoms with Gasteiger partial charge < -0.3 is 46.8 Å². The molecule has 60 heavy (non-hydrogen) atoms. The lowest BCUT2D eigenvalue weighted by atomic mass is 10.4. The van der Waals surface area contributed by atoms with Crippen molar-refractivity contribution in [3.63, 3.8) is 0 Å². The summed E-state index contributed by atoms with van der Waals surface area (Å²) in [5.74, 6) is 0. The van der Waals surface area contributed by atoms with Crippen molar-refractivity contribution in [1.82, 2.24) is 0 Å². The Bertz CT molecular complexity index is 1890. The van der Waals surface area contributed by atoms with Gasteiger partial charge in [-0.25, -0.2) is 0 Å². The Hall–Kier alpha value is -3.60. The highest BCUT2D eigenvalue weighted by molar-refractivity contribution is 7.03. The van der Waals surface area contributed by atoms with Crippen molar-refractivity contribution >= 4 is 94.7 Å². The van der Waals surface area contributed by atoms with Crippen molar-refractivity contribution < 1.29 is 46.8 Å². The van der Waals surface area contributed by atoms with E-state index in [1.54, 1.807) is 35.5 Å². The average Bonchev–Trinajstić information content (AvgIpc) is 3.33. The second-order valence-electron chi connectivity index (χ2n) is 13.4. The molecule has 6 aromatic rings. The molecule has 0 radical (unpaired) electrons. The minimum Gasteiger partial charge on any atom is -0.411 e. The molecule has 314 valence electrons. The van der Waals surface area contributed by atoms with Crippen molar-refractivity contribution in [2.75, 3.05) is 35.5 Å². The molecule has 0 aliphatic carbocycles. The molecular weight excluding hydrogens is 877 g/mol. The van der Waals surface area contributed by atoms with Crippen LogP contribution in [0.4, 0.5) is 0 Å². The lowest BCUT2D eigenvalue weighted by molar-refractivity contribution is 0.167. The van der Waals surface area contributed by atoms with E-state index in [0.717, 1.165) is 31.1 Å². The van der Waals surface area contributed by atoms with Gasteiger partial charge in [0.15, 0.2) is 0 Å². The normalized spacial score (nSPS) is 12.9. The topological polar surface area (TPSA) is 102 Å². The molecule has 0 saturated heterocycles. The maximum absolute atomic E-state index is 7.82. The van der Waals surface area contributed by atoms with Crippen LogP contribution in [0.3, 0.4) is 0 Å². The van der Waals surface area contributed by atoms with Gasteiger partial charge in [0.1, 0.15) is 0 Å². The van der Waals surface area contributed by atoms with Crippen LogP contribution >= 0.6 is 0 Å². The molecule has 1 unspecified atom stereocenters. The second-order valence-corrected chi connectivity index (χ2v) is 31.4. The van der Waals surface area contributed by atoms with E-state index in [9.17, 15) is 0 Å². The molecule has 0 fully saturated rings. The first-order valence-electron chi connectivity index (χ1n) is 19.4. The van der Waals surface area contributed by atoms with Crippen molar-refractivity contribution in [1.29, 1.82) is 0 Å². The summed E-state index contributed by atoms with van der Waals surface area (Å²) in [4.78, 5) is 0. The predicted octanol–water partition coefficient (Wildman–Crippen LogP) is 2.09. The smallest absolute Gasteiger partial charge is 0.411 e. The Morgan fingerprint density at radius 1 is 0.267 bits per heavy atom. The lowest BCUT2D eigenvalue weighted by Gasteiger charge is -2.43. The first kappa shape index (κ1) is 45.9. The largest absolute Gasteiger partial charge is 0.475 e. The standard InChI is InChI=1S/C42H52O11Si7/c1-43-54(6)48-58(37-25-13-7-14-26-37,38-27-15-8-16-28-38)51-57(52-59(49-55(44-2)45-3,39-29-17-9-18-30-39)40-31-19-10-20-32-40)53-60(50-56(46-4)47-5,41-33-21-11-22-34-41)42-35-23-12-24-36-42/h7-36,54-57H,1-6H3. The summed E-state index contributed by atoms with van der Waals surface area (Å²) in [7, 11) is -15.6. The van der Waals surface area contributed by atoms with Crippen molar-refractivity contribution in [2.24, 2.45) is 0 Å². The fraction of sp³-hybridized carbons (Fsp3) is 0.143. The van der Waals surface area contributed by atoms with Crippen LogP contribution in [-0.2, 0) is 46.8 Å². The van der Waals surface area contributed by atoms with E-state index in [4.69, 9.17) is 46.8 Å². The van der Waals surface area contributed by atoms with Gasteiger partial charge in [-0.15, -0.1) is 0 Å². The van der Waals surface area contributed by atoms with Gasteiger partial charge in [0.2, 0.25) is 0 Å². The molecule has 1 atom stereocenters. The summed E-state index contributed by atoms with van der Waals surface area (Å²) in [6.45, 7) is 1.99. The van der Waals surface area contributed by atoms with Crippen LogP contribution in [0.2, 0.25) is 6.55 Å². The Balaban J connectivity index is 1.70. The number of hydrogen-bond acceptors (Lipinski definition) is 11. The predicted molar refractivity (Wildman–Crippen MR) is 250 cm³/mol.